The zero-order chi connectivity index (χ0) is 41.0. The minimum absolute atomic E-state index is 0.609. The third-order valence-corrected chi connectivity index (χ3v) is 13.1. The van der Waals surface area contributed by atoms with Gasteiger partial charge in [-0.25, -0.2) is 15.0 Å². The normalized spacial score (nSPS) is 11.5. The molecule has 62 heavy (non-hydrogen) atoms. The Morgan fingerprint density at radius 1 is 0.323 bits per heavy atom. The van der Waals surface area contributed by atoms with Crippen molar-refractivity contribution in [3.63, 3.8) is 0 Å². The van der Waals surface area contributed by atoms with Crippen LogP contribution in [0.25, 0.3) is 115 Å². The van der Waals surface area contributed by atoms with Gasteiger partial charge in [0.15, 0.2) is 17.5 Å². The van der Waals surface area contributed by atoms with Gasteiger partial charge in [0.25, 0.3) is 0 Å². The lowest BCUT2D eigenvalue weighted by Crippen LogP contribution is -2.02. The van der Waals surface area contributed by atoms with E-state index in [1.165, 1.54) is 47.6 Å². The molecule has 0 bridgehead atoms. The Hall–Kier alpha value is -7.99. The van der Waals surface area contributed by atoms with Crippen LogP contribution in [-0.2, 0) is 0 Å². The van der Waals surface area contributed by atoms with E-state index in [2.05, 4.69) is 205 Å². The van der Waals surface area contributed by atoms with E-state index >= 15 is 0 Å². The molecule has 290 valence electrons. The average Bonchev–Trinajstić information content (AvgIpc) is 3.91. The van der Waals surface area contributed by atoms with Crippen molar-refractivity contribution in [2.24, 2.45) is 0 Å². The topological polar surface area (TPSA) is 43.6 Å². The molecule has 0 saturated carbocycles. The van der Waals surface area contributed by atoms with E-state index in [-0.39, 0.29) is 0 Å². The van der Waals surface area contributed by atoms with Crippen LogP contribution in [0.2, 0.25) is 0 Å². The molecule has 0 N–H and O–H groups in total. The van der Waals surface area contributed by atoms with Crippen molar-refractivity contribution in [2.45, 2.75) is 0 Å². The number of rotatable bonds is 7. The van der Waals surface area contributed by atoms with E-state index in [4.69, 9.17) is 15.0 Å². The van der Waals surface area contributed by atoms with Gasteiger partial charge >= 0.3 is 0 Å². The first kappa shape index (κ1) is 35.9. The zero-order valence-corrected chi connectivity index (χ0v) is 34.3. The Morgan fingerprint density at radius 3 is 1.60 bits per heavy atom. The second-order valence-electron chi connectivity index (χ2n) is 15.5. The fourth-order valence-corrected chi connectivity index (χ4v) is 10.2. The van der Waals surface area contributed by atoms with E-state index in [1.807, 2.05) is 29.5 Å². The molecule has 0 amide bonds. The molecule has 4 nitrogen and oxygen atoms in total. The number of hydrogen-bond donors (Lipinski definition) is 0. The molecular weight excluding hydrogens is 773 g/mol. The highest BCUT2D eigenvalue weighted by Gasteiger charge is 2.21. The summed E-state index contributed by atoms with van der Waals surface area (Å²) >= 11 is 1.84. The summed E-state index contributed by atoms with van der Waals surface area (Å²) in [5.41, 5.74) is 13.0. The zero-order valence-electron chi connectivity index (χ0n) is 33.5. The molecule has 0 aliphatic rings. The molecule has 3 heterocycles. The van der Waals surface area contributed by atoms with Crippen LogP contribution in [-0.4, -0.2) is 19.5 Å². The van der Waals surface area contributed by atoms with Gasteiger partial charge in [0.1, 0.15) is 0 Å². The van der Waals surface area contributed by atoms with Crippen molar-refractivity contribution < 1.29 is 0 Å². The van der Waals surface area contributed by atoms with Crippen molar-refractivity contribution in [3.8, 4) is 73.2 Å². The van der Waals surface area contributed by atoms with E-state index in [1.54, 1.807) is 0 Å². The molecule has 0 spiro atoms. The number of para-hydroxylation sites is 1. The van der Waals surface area contributed by atoms with Gasteiger partial charge in [-0.05, 0) is 58.1 Å². The molecule has 3 aromatic heterocycles. The summed E-state index contributed by atoms with van der Waals surface area (Å²) in [5.74, 6) is 1.86. The average molecular weight is 809 g/mol. The van der Waals surface area contributed by atoms with Gasteiger partial charge < -0.3 is 4.57 Å². The number of thiophene rings is 1. The molecule has 5 heteroatoms. The van der Waals surface area contributed by atoms with Crippen LogP contribution < -0.4 is 0 Å². The maximum absolute atomic E-state index is 5.31. The molecule has 0 aliphatic heterocycles. The van der Waals surface area contributed by atoms with Gasteiger partial charge in [0.2, 0.25) is 0 Å². The van der Waals surface area contributed by atoms with Gasteiger partial charge in [0, 0.05) is 53.2 Å². The largest absolute Gasteiger partial charge is 0.309 e. The monoisotopic (exact) mass is 808 g/mol. The summed E-state index contributed by atoms with van der Waals surface area (Å²) in [6.45, 7) is 0. The summed E-state index contributed by atoms with van der Waals surface area (Å²) in [5, 5.41) is 4.98. The van der Waals surface area contributed by atoms with Crippen molar-refractivity contribution in [3.05, 3.63) is 218 Å². The van der Waals surface area contributed by atoms with Crippen LogP contribution in [0.15, 0.2) is 218 Å². The van der Waals surface area contributed by atoms with E-state index in [0.29, 0.717) is 17.5 Å². The minimum Gasteiger partial charge on any atom is -0.309 e. The summed E-state index contributed by atoms with van der Waals surface area (Å²) in [6, 6.07) is 77.4. The summed E-state index contributed by atoms with van der Waals surface area (Å²) in [7, 11) is 0. The highest BCUT2D eigenvalue weighted by atomic mass is 32.1. The Labute approximate surface area is 362 Å². The second kappa shape index (κ2) is 14.9. The minimum atomic E-state index is 0.609. The van der Waals surface area contributed by atoms with Crippen LogP contribution in [0.1, 0.15) is 0 Å². The van der Waals surface area contributed by atoms with Crippen LogP contribution in [0, 0.1) is 0 Å². The number of aromatic nitrogens is 4. The lowest BCUT2D eigenvalue weighted by Gasteiger charge is -2.16. The Balaban J connectivity index is 1.07. The molecular formula is C57H36N4S. The predicted octanol–water partition coefficient (Wildman–Crippen LogP) is 15.3. The molecule has 0 aliphatic carbocycles. The maximum atomic E-state index is 5.31. The molecule has 12 rings (SSSR count). The van der Waals surface area contributed by atoms with Gasteiger partial charge in [-0.3, -0.25) is 0 Å². The van der Waals surface area contributed by atoms with Gasteiger partial charge in [-0.1, -0.05) is 188 Å². The Bertz CT molecular complexity index is 3630. The summed E-state index contributed by atoms with van der Waals surface area (Å²) in [6.07, 6.45) is 0. The summed E-state index contributed by atoms with van der Waals surface area (Å²) < 4.78 is 4.98. The fourth-order valence-electron chi connectivity index (χ4n) is 9.01. The predicted molar refractivity (Wildman–Crippen MR) is 260 cm³/mol. The van der Waals surface area contributed by atoms with Crippen molar-refractivity contribution in [2.75, 3.05) is 0 Å². The Morgan fingerprint density at radius 2 is 0.839 bits per heavy atom. The third-order valence-electron chi connectivity index (χ3n) is 11.9. The number of benzene rings is 9. The highest BCUT2D eigenvalue weighted by molar-refractivity contribution is 7.26. The molecule has 0 fully saturated rings. The lowest BCUT2D eigenvalue weighted by molar-refractivity contribution is 1.07. The Kier molecular flexibility index (Phi) is 8.65. The lowest BCUT2D eigenvalue weighted by atomic mass is 9.99. The maximum Gasteiger partial charge on any atom is 0.164 e. The quantitative estimate of drug-likeness (QED) is 0.161. The van der Waals surface area contributed by atoms with E-state index in [0.717, 1.165) is 50.1 Å². The molecule has 12 aromatic rings. The summed E-state index contributed by atoms with van der Waals surface area (Å²) in [4.78, 5) is 15.7. The van der Waals surface area contributed by atoms with Crippen molar-refractivity contribution in [1.82, 2.24) is 19.5 Å². The van der Waals surface area contributed by atoms with E-state index in [9.17, 15) is 0 Å². The SMILES string of the molecule is c1ccc(-c2nc(-c3cccc(-c4cccc5c4sc4ccccc45)c3)nc(-c3ccc(-c4ccccc4)c(-n4c5ccccc5c5c(-c6ccccc6)cccc54)c3)n2)cc1. The van der Waals surface area contributed by atoms with Crippen LogP contribution in [0.3, 0.4) is 0 Å². The number of fused-ring (bicyclic) bond motifs is 6. The van der Waals surface area contributed by atoms with Crippen molar-refractivity contribution >= 4 is 53.3 Å². The first-order valence-electron chi connectivity index (χ1n) is 20.9. The highest BCUT2D eigenvalue weighted by Crippen LogP contribution is 2.43. The number of nitrogens with zero attached hydrogens (tertiary/aromatic N) is 4. The fraction of sp³-hybridized carbons (Fsp3) is 0. The number of hydrogen-bond acceptors (Lipinski definition) is 4. The second-order valence-corrected chi connectivity index (χ2v) is 16.6. The molecule has 9 aromatic carbocycles. The molecule has 0 atom stereocenters. The van der Waals surface area contributed by atoms with E-state index < -0.39 is 0 Å². The van der Waals surface area contributed by atoms with Gasteiger partial charge in [-0.15, -0.1) is 11.3 Å². The van der Waals surface area contributed by atoms with Crippen LogP contribution >= 0.6 is 11.3 Å². The molecule has 0 radical (unpaired) electrons. The van der Waals surface area contributed by atoms with Crippen LogP contribution in [0.4, 0.5) is 0 Å². The third kappa shape index (κ3) is 6.09. The van der Waals surface area contributed by atoms with Gasteiger partial charge in [0.05, 0.1) is 16.7 Å². The first-order chi connectivity index (χ1) is 30.7. The van der Waals surface area contributed by atoms with Gasteiger partial charge in [-0.2, -0.15) is 0 Å². The standard InChI is InChI=1S/C57H36N4S/c1-4-17-37(18-5-1)43-34-33-42(36-51(43)61-49-30-12-10-26-48(49)53-44(27-16-31-50(53)61)38-19-6-2-7-20-38)57-59-55(39-21-8-3-9-22-39)58-56(60-57)41-24-14-23-40(35-41)45-28-15-29-47-46-25-11-13-32-52(46)62-54(45)47/h1-36H. The first-order valence-corrected chi connectivity index (χ1v) is 21.7. The molecule has 0 unspecified atom stereocenters. The smallest absolute Gasteiger partial charge is 0.164 e. The van der Waals surface area contributed by atoms with Crippen LogP contribution in [0.5, 0.6) is 0 Å². The molecule has 0 saturated heterocycles. The van der Waals surface area contributed by atoms with Crippen molar-refractivity contribution in [1.29, 1.82) is 0 Å².